The molecule has 0 aromatic rings. The topological polar surface area (TPSA) is 145 Å². The minimum atomic E-state index is -4.11. The van der Waals surface area contributed by atoms with Crippen LogP contribution >= 0.6 is 7.60 Å². The zero-order chi connectivity index (χ0) is 19.9. The van der Waals surface area contributed by atoms with Gasteiger partial charge in [0, 0.05) is 26.2 Å². The Balaban J connectivity index is 2.70. The summed E-state index contributed by atoms with van der Waals surface area (Å²) < 4.78 is 17.2. The number of hydrogen-bond acceptors (Lipinski definition) is 5. The van der Waals surface area contributed by atoms with E-state index in [9.17, 15) is 23.8 Å². The molecule has 1 aliphatic rings. The van der Waals surface area contributed by atoms with Crippen molar-refractivity contribution < 1.29 is 38.6 Å². The van der Waals surface area contributed by atoms with Crippen LogP contribution in [0.25, 0.3) is 0 Å². The number of aliphatic carboxylic acids is 1. The Bertz CT molecular complexity index is 560. The molecule has 10 nitrogen and oxygen atoms in total. The third kappa shape index (κ3) is 7.72. The molecule has 1 rings (SSSR count). The normalized spacial score (nSPS) is 18.5. The van der Waals surface area contributed by atoms with Gasteiger partial charge in [-0.15, -0.1) is 0 Å². The molecular formula is C15H27N2O8P. The maximum Gasteiger partial charge on any atom is 0.407 e. The molecule has 0 aromatic carbocycles. The molecule has 0 spiro atoms. The fraction of sp³-hybridized carbons (Fsp3) is 0.800. The molecule has 11 heteroatoms. The van der Waals surface area contributed by atoms with Crippen LogP contribution in [0.15, 0.2) is 0 Å². The van der Waals surface area contributed by atoms with Crippen LogP contribution in [0.5, 0.6) is 0 Å². The van der Waals surface area contributed by atoms with E-state index in [1.807, 2.05) is 13.8 Å². The molecule has 0 saturated carbocycles. The average molecular weight is 394 g/mol. The lowest BCUT2D eigenvalue weighted by atomic mass is 10.1. The highest BCUT2D eigenvalue weighted by atomic mass is 31.2. The summed E-state index contributed by atoms with van der Waals surface area (Å²) in [7, 11) is -4.11. The van der Waals surface area contributed by atoms with E-state index in [4.69, 9.17) is 14.7 Å². The van der Waals surface area contributed by atoms with Crippen LogP contribution in [-0.4, -0.2) is 81.8 Å². The van der Waals surface area contributed by atoms with Crippen LogP contribution in [0.3, 0.4) is 0 Å². The van der Waals surface area contributed by atoms with E-state index in [1.165, 1.54) is 4.90 Å². The largest absolute Gasteiger partial charge is 0.481 e. The summed E-state index contributed by atoms with van der Waals surface area (Å²) >= 11 is 0. The van der Waals surface area contributed by atoms with Gasteiger partial charge in [-0.25, -0.2) is 4.79 Å². The van der Waals surface area contributed by atoms with Gasteiger partial charge in [-0.3, -0.25) is 14.2 Å². The highest BCUT2D eigenvalue weighted by Gasteiger charge is 2.35. The van der Waals surface area contributed by atoms with Crippen molar-refractivity contribution >= 4 is 25.6 Å². The van der Waals surface area contributed by atoms with Gasteiger partial charge in [0.2, 0.25) is 5.91 Å². The van der Waals surface area contributed by atoms with Gasteiger partial charge in [0.05, 0.1) is 25.1 Å². The van der Waals surface area contributed by atoms with Crippen LogP contribution in [0.2, 0.25) is 0 Å². The molecule has 0 aliphatic carbocycles. The van der Waals surface area contributed by atoms with Gasteiger partial charge in [0.15, 0.2) is 0 Å². The van der Waals surface area contributed by atoms with Gasteiger partial charge in [-0.1, -0.05) is 13.8 Å². The van der Waals surface area contributed by atoms with E-state index < -0.39 is 44.1 Å². The van der Waals surface area contributed by atoms with Crippen molar-refractivity contribution in [2.45, 2.75) is 26.7 Å². The number of rotatable bonds is 9. The second kappa shape index (κ2) is 9.89. The van der Waals surface area contributed by atoms with Crippen LogP contribution in [-0.2, 0) is 18.7 Å². The Morgan fingerprint density at radius 1 is 1.08 bits per heavy atom. The van der Waals surface area contributed by atoms with E-state index in [0.717, 1.165) is 4.90 Å². The molecule has 1 fully saturated rings. The van der Waals surface area contributed by atoms with Gasteiger partial charge in [-0.2, -0.15) is 0 Å². The van der Waals surface area contributed by atoms with Crippen molar-refractivity contribution in [3.63, 3.8) is 0 Å². The summed E-state index contributed by atoms with van der Waals surface area (Å²) in [6, 6.07) is 0. The van der Waals surface area contributed by atoms with Gasteiger partial charge >= 0.3 is 19.7 Å². The highest BCUT2D eigenvalue weighted by Crippen LogP contribution is 2.45. The lowest BCUT2D eigenvalue weighted by Crippen LogP contribution is -2.52. The van der Waals surface area contributed by atoms with E-state index >= 15 is 0 Å². The van der Waals surface area contributed by atoms with Crippen LogP contribution in [0.1, 0.15) is 26.7 Å². The first-order valence-corrected chi connectivity index (χ1v) is 10.2. The number of carbonyl (C=O) groups excluding carboxylic acids is 1. The molecule has 0 bridgehead atoms. The molecule has 1 heterocycles. The number of carboxylic acids is 1. The second-order valence-corrected chi connectivity index (χ2v) is 8.62. The Kier molecular flexibility index (Phi) is 8.52. The first kappa shape index (κ1) is 22.4. The minimum Gasteiger partial charge on any atom is -0.481 e. The lowest BCUT2D eigenvalue weighted by Gasteiger charge is -2.35. The van der Waals surface area contributed by atoms with E-state index in [-0.39, 0.29) is 38.7 Å². The standard InChI is InChI=1S/C15H27N2O8P/c1-11(2)3-8-25-26(23,24)10-12(9-13(18)19)14(20)16-4-6-17(7-5-16)15(21)22/h11-12H,3-10H2,1-2H3,(H,18,19)(H,21,22)(H,23,24). The average Bonchev–Trinajstić information content (AvgIpc) is 2.52. The Labute approximate surface area is 152 Å². The first-order valence-electron chi connectivity index (χ1n) is 8.46. The fourth-order valence-electron chi connectivity index (χ4n) is 2.58. The summed E-state index contributed by atoms with van der Waals surface area (Å²) in [6.07, 6.45) is -1.68. The molecular weight excluding hydrogens is 367 g/mol. The number of hydrogen-bond donors (Lipinski definition) is 3. The van der Waals surface area contributed by atoms with Crippen LogP contribution in [0, 0.1) is 11.8 Å². The molecule has 2 unspecified atom stereocenters. The van der Waals surface area contributed by atoms with Crippen molar-refractivity contribution in [2.24, 2.45) is 11.8 Å². The monoisotopic (exact) mass is 394 g/mol. The molecule has 1 aliphatic heterocycles. The van der Waals surface area contributed by atoms with Gasteiger partial charge in [0.25, 0.3) is 0 Å². The smallest absolute Gasteiger partial charge is 0.407 e. The number of nitrogens with zero attached hydrogens (tertiary/aromatic N) is 2. The Morgan fingerprint density at radius 3 is 2.08 bits per heavy atom. The minimum absolute atomic E-state index is 0.0523. The van der Waals surface area contributed by atoms with Gasteiger partial charge in [0.1, 0.15) is 0 Å². The third-order valence-corrected chi connectivity index (χ3v) is 5.56. The molecule has 2 atom stereocenters. The number of carbonyl (C=O) groups is 3. The summed E-state index contributed by atoms with van der Waals surface area (Å²) in [5.74, 6) is -2.75. The molecule has 26 heavy (non-hydrogen) atoms. The molecule has 0 aromatic heterocycles. The SMILES string of the molecule is CC(C)CCOP(=O)(O)CC(CC(=O)O)C(=O)N1CCN(C(=O)O)CC1. The van der Waals surface area contributed by atoms with Gasteiger partial charge in [-0.05, 0) is 12.3 Å². The number of carboxylic acid groups (broad SMARTS) is 2. The summed E-state index contributed by atoms with van der Waals surface area (Å²) in [5.41, 5.74) is 0. The van der Waals surface area contributed by atoms with Crippen molar-refractivity contribution in [2.75, 3.05) is 38.9 Å². The Hall–Kier alpha value is -1.64. The maximum absolute atomic E-state index is 12.6. The van der Waals surface area contributed by atoms with Crippen molar-refractivity contribution in [3.05, 3.63) is 0 Å². The Morgan fingerprint density at radius 2 is 1.62 bits per heavy atom. The molecule has 150 valence electrons. The molecule has 0 radical (unpaired) electrons. The zero-order valence-electron chi connectivity index (χ0n) is 15.0. The molecule has 3 N–H and O–H groups in total. The summed E-state index contributed by atoms with van der Waals surface area (Å²) in [5, 5.41) is 17.9. The highest BCUT2D eigenvalue weighted by molar-refractivity contribution is 7.52. The summed E-state index contributed by atoms with van der Waals surface area (Å²) in [6.45, 7) is 4.37. The van der Waals surface area contributed by atoms with Gasteiger partial charge < -0.3 is 29.4 Å². The summed E-state index contributed by atoms with van der Waals surface area (Å²) in [4.78, 5) is 47.0. The third-order valence-electron chi connectivity index (χ3n) is 4.07. The van der Waals surface area contributed by atoms with E-state index in [1.54, 1.807) is 0 Å². The first-order chi connectivity index (χ1) is 12.0. The lowest BCUT2D eigenvalue weighted by molar-refractivity contribution is -0.144. The molecule has 2 amide bonds. The predicted octanol–water partition coefficient (Wildman–Crippen LogP) is 1.15. The number of amides is 2. The molecule has 1 saturated heterocycles. The van der Waals surface area contributed by atoms with Crippen molar-refractivity contribution in [3.8, 4) is 0 Å². The fourth-order valence-corrected chi connectivity index (χ4v) is 3.92. The van der Waals surface area contributed by atoms with Crippen molar-refractivity contribution in [1.29, 1.82) is 0 Å². The zero-order valence-corrected chi connectivity index (χ0v) is 15.9. The van der Waals surface area contributed by atoms with Crippen LogP contribution < -0.4 is 0 Å². The van der Waals surface area contributed by atoms with Crippen molar-refractivity contribution in [1.82, 2.24) is 9.80 Å². The predicted molar refractivity (Wildman–Crippen MR) is 92.0 cm³/mol. The second-order valence-electron chi connectivity index (χ2n) is 6.73. The van der Waals surface area contributed by atoms with E-state index in [0.29, 0.717) is 6.42 Å². The maximum atomic E-state index is 12.6. The quantitative estimate of drug-likeness (QED) is 0.494. The van der Waals surface area contributed by atoms with E-state index in [2.05, 4.69) is 0 Å². The van der Waals surface area contributed by atoms with Crippen LogP contribution in [0.4, 0.5) is 4.79 Å². The number of piperazine rings is 1.